The van der Waals surface area contributed by atoms with Crippen molar-refractivity contribution in [3.8, 4) is 11.5 Å². The molecule has 0 saturated carbocycles. The number of rotatable bonds is 3. The summed E-state index contributed by atoms with van der Waals surface area (Å²) in [7, 11) is 0. The molecule has 4 nitrogen and oxygen atoms in total. The van der Waals surface area contributed by atoms with Gasteiger partial charge in [0.2, 0.25) is 0 Å². The number of azo groups is 1. The Balaban J connectivity index is 2.37. The summed E-state index contributed by atoms with van der Waals surface area (Å²) in [4.78, 5) is 0. The van der Waals surface area contributed by atoms with Crippen LogP contribution >= 0.6 is 0 Å². The number of aromatic hydroxyl groups is 2. The van der Waals surface area contributed by atoms with Crippen LogP contribution in [-0.4, -0.2) is 10.2 Å². The number of nitrogens with zero attached hydrogens (tertiary/aromatic N) is 2. The lowest BCUT2D eigenvalue weighted by Crippen LogP contribution is -1.89. The first kappa shape index (κ1) is 14.1. The van der Waals surface area contributed by atoms with Crippen LogP contribution in [0.2, 0.25) is 0 Å². The van der Waals surface area contributed by atoms with E-state index in [1.165, 1.54) is 0 Å². The maximum atomic E-state index is 9.79. The van der Waals surface area contributed by atoms with Crippen LogP contribution in [0.15, 0.2) is 46.6 Å². The van der Waals surface area contributed by atoms with Crippen molar-refractivity contribution in [3.05, 3.63) is 47.5 Å². The third-order valence-electron chi connectivity index (χ3n) is 3.09. The topological polar surface area (TPSA) is 65.2 Å². The third kappa shape index (κ3) is 3.15. The quantitative estimate of drug-likeness (QED) is 0.775. The molecule has 2 N–H and O–H groups in total. The molecule has 0 atom stereocenters. The van der Waals surface area contributed by atoms with Gasteiger partial charge in [0.05, 0.1) is 11.4 Å². The van der Waals surface area contributed by atoms with Crippen molar-refractivity contribution in [2.24, 2.45) is 10.2 Å². The molecular weight excluding hydrogens is 252 g/mol. The molecule has 0 spiro atoms. The third-order valence-corrected chi connectivity index (χ3v) is 3.09. The molecule has 0 amide bonds. The first-order valence-electron chi connectivity index (χ1n) is 6.51. The summed E-state index contributed by atoms with van der Waals surface area (Å²) < 4.78 is 0. The average Bonchev–Trinajstić information content (AvgIpc) is 2.41. The van der Waals surface area contributed by atoms with Crippen LogP contribution in [-0.2, 0) is 0 Å². The SMILES string of the molecule is Cc1cc(N=Nc2ccc(O)cc2)c(C(C)C)cc1O. The molecule has 0 radical (unpaired) electrons. The maximum Gasteiger partial charge on any atom is 0.118 e. The van der Waals surface area contributed by atoms with Crippen LogP contribution in [0.5, 0.6) is 11.5 Å². The molecule has 20 heavy (non-hydrogen) atoms. The van der Waals surface area contributed by atoms with Gasteiger partial charge < -0.3 is 10.2 Å². The number of aryl methyl sites for hydroxylation is 1. The Morgan fingerprint density at radius 3 is 2.20 bits per heavy atom. The minimum absolute atomic E-state index is 0.201. The summed E-state index contributed by atoms with van der Waals surface area (Å²) in [5.41, 5.74) is 3.15. The number of phenols is 2. The molecule has 2 aromatic carbocycles. The van der Waals surface area contributed by atoms with Gasteiger partial charge in [0.1, 0.15) is 11.5 Å². The van der Waals surface area contributed by atoms with Gasteiger partial charge in [0, 0.05) is 0 Å². The number of hydrogen-bond acceptors (Lipinski definition) is 4. The van der Waals surface area contributed by atoms with E-state index >= 15 is 0 Å². The Labute approximate surface area is 118 Å². The fourth-order valence-corrected chi connectivity index (χ4v) is 1.88. The lowest BCUT2D eigenvalue weighted by Gasteiger charge is -2.11. The molecule has 2 rings (SSSR count). The summed E-state index contributed by atoms with van der Waals surface area (Å²) in [6.07, 6.45) is 0. The molecule has 2 aromatic rings. The van der Waals surface area contributed by atoms with E-state index in [-0.39, 0.29) is 17.4 Å². The van der Waals surface area contributed by atoms with Gasteiger partial charge in [0.25, 0.3) is 0 Å². The van der Waals surface area contributed by atoms with Crippen LogP contribution in [0, 0.1) is 6.92 Å². The normalized spacial score (nSPS) is 11.4. The highest BCUT2D eigenvalue weighted by Crippen LogP contribution is 2.34. The summed E-state index contributed by atoms with van der Waals surface area (Å²) in [6, 6.07) is 10.1. The van der Waals surface area contributed by atoms with Gasteiger partial charge >= 0.3 is 0 Å². The van der Waals surface area contributed by atoms with E-state index in [1.807, 2.05) is 26.8 Å². The van der Waals surface area contributed by atoms with Gasteiger partial charge in [-0.2, -0.15) is 10.2 Å². The minimum atomic E-state index is 0.201. The maximum absolute atomic E-state index is 9.79. The predicted molar refractivity (Wildman–Crippen MR) is 79.2 cm³/mol. The van der Waals surface area contributed by atoms with Crippen molar-refractivity contribution in [1.82, 2.24) is 0 Å². The fourth-order valence-electron chi connectivity index (χ4n) is 1.88. The van der Waals surface area contributed by atoms with Gasteiger partial charge in [-0.05, 0) is 60.4 Å². The van der Waals surface area contributed by atoms with Crippen LogP contribution in [0.25, 0.3) is 0 Å². The highest BCUT2D eigenvalue weighted by molar-refractivity contribution is 5.55. The van der Waals surface area contributed by atoms with E-state index in [4.69, 9.17) is 0 Å². The van der Waals surface area contributed by atoms with E-state index in [2.05, 4.69) is 10.2 Å². The van der Waals surface area contributed by atoms with Crippen molar-refractivity contribution >= 4 is 11.4 Å². The lowest BCUT2D eigenvalue weighted by molar-refractivity contribution is 0.470. The van der Waals surface area contributed by atoms with E-state index in [0.717, 1.165) is 16.8 Å². The minimum Gasteiger partial charge on any atom is -0.508 e. The monoisotopic (exact) mass is 270 g/mol. The van der Waals surface area contributed by atoms with Crippen molar-refractivity contribution in [2.45, 2.75) is 26.7 Å². The zero-order chi connectivity index (χ0) is 14.7. The predicted octanol–water partition coefficient (Wildman–Crippen LogP) is 4.95. The van der Waals surface area contributed by atoms with Gasteiger partial charge in [0.15, 0.2) is 0 Å². The summed E-state index contributed by atoms with van der Waals surface area (Å²) in [5, 5.41) is 27.4. The number of phenolic OH excluding ortho intramolecular Hbond substituents is 2. The first-order valence-corrected chi connectivity index (χ1v) is 6.51. The standard InChI is InChI=1S/C16H18N2O2/c1-10(2)14-9-16(20)11(3)8-15(14)18-17-12-4-6-13(19)7-5-12/h4-10,19-20H,1-3H3. The molecule has 0 aliphatic rings. The summed E-state index contributed by atoms with van der Waals surface area (Å²) >= 11 is 0. The molecule has 0 heterocycles. The van der Waals surface area contributed by atoms with Crippen LogP contribution in [0.3, 0.4) is 0 Å². The Bertz CT molecular complexity index is 632. The Hall–Kier alpha value is -2.36. The summed E-state index contributed by atoms with van der Waals surface area (Å²) in [6.45, 7) is 5.92. The van der Waals surface area contributed by atoms with Gasteiger partial charge in [-0.25, -0.2) is 0 Å². The second-order valence-corrected chi connectivity index (χ2v) is 5.07. The van der Waals surface area contributed by atoms with E-state index in [0.29, 0.717) is 5.69 Å². The van der Waals surface area contributed by atoms with Gasteiger partial charge in [-0.15, -0.1) is 0 Å². The highest BCUT2D eigenvalue weighted by atomic mass is 16.3. The molecule has 0 aliphatic heterocycles. The Kier molecular flexibility index (Phi) is 4.03. The number of hydrogen-bond donors (Lipinski definition) is 2. The first-order chi connectivity index (χ1) is 9.47. The summed E-state index contributed by atoms with van der Waals surface area (Å²) in [5.74, 6) is 0.722. The van der Waals surface area contributed by atoms with Gasteiger partial charge in [-0.1, -0.05) is 13.8 Å². The Morgan fingerprint density at radius 2 is 1.60 bits per heavy atom. The second kappa shape index (κ2) is 5.74. The van der Waals surface area contributed by atoms with Crippen LogP contribution in [0.1, 0.15) is 30.9 Å². The van der Waals surface area contributed by atoms with Crippen molar-refractivity contribution < 1.29 is 10.2 Å². The average molecular weight is 270 g/mol. The highest BCUT2D eigenvalue weighted by Gasteiger charge is 2.10. The van der Waals surface area contributed by atoms with Crippen molar-refractivity contribution in [2.75, 3.05) is 0 Å². The fraction of sp³-hybridized carbons (Fsp3) is 0.250. The van der Waals surface area contributed by atoms with Crippen LogP contribution < -0.4 is 0 Å². The molecule has 4 heteroatoms. The van der Waals surface area contributed by atoms with Crippen molar-refractivity contribution in [3.63, 3.8) is 0 Å². The molecule has 0 aliphatic carbocycles. The smallest absolute Gasteiger partial charge is 0.118 e. The van der Waals surface area contributed by atoms with E-state index < -0.39 is 0 Å². The second-order valence-electron chi connectivity index (χ2n) is 5.07. The molecule has 0 bridgehead atoms. The zero-order valence-corrected chi connectivity index (χ0v) is 11.8. The lowest BCUT2D eigenvalue weighted by atomic mass is 9.99. The van der Waals surface area contributed by atoms with E-state index in [1.54, 1.807) is 30.3 Å². The largest absolute Gasteiger partial charge is 0.508 e. The molecule has 0 aromatic heterocycles. The van der Waals surface area contributed by atoms with Gasteiger partial charge in [-0.3, -0.25) is 0 Å². The molecule has 0 unspecified atom stereocenters. The molecular formula is C16H18N2O2. The number of benzene rings is 2. The zero-order valence-electron chi connectivity index (χ0n) is 11.8. The van der Waals surface area contributed by atoms with E-state index in [9.17, 15) is 10.2 Å². The molecule has 0 fully saturated rings. The molecule has 104 valence electrons. The Morgan fingerprint density at radius 1 is 0.950 bits per heavy atom. The van der Waals surface area contributed by atoms with Crippen LogP contribution in [0.4, 0.5) is 11.4 Å². The molecule has 0 saturated heterocycles. The van der Waals surface area contributed by atoms with Crippen molar-refractivity contribution in [1.29, 1.82) is 0 Å².